The maximum atomic E-state index is 10.1. The highest BCUT2D eigenvalue weighted by Crippen LogP contribution is 2.21. The van der Waals surface area contributed by atoms with Crippen molar-refractivity contribution in [3.8, 4) is 5.75 Å². The average molecular weight is 270 g/mol. The smallest absolute Gasteiger partial charge is 0.119 e. The first-order valence-corrected chi connectivity index (χ1v) is 7.03. The lowest BCUT2D eigenvalue weighted by molar-refractivity contribution is 0.108. The molecule has 1 N–H and O–H groups in total. The SMILES string of the molecule is Cc1ccc(C(O)COc2cccc(C(C)C)c2)cc1. The number of ether oxygens (including phenoxy) is 1. The van der Waals surface area contributed by atoms with Gasteiger partial charge in [-0.1, -0.05) is 55.8 Å². The third kappa shape index (κ3) is 3.84. The Morgan fingerprint density at radius 1 is 1.00 bits per heavy atom. The second-order valence-corrected chi connectivity index (χ2v) is 5.46. The van der Waals surface area contributed by atoms with E-state index >= 15 is 0 Å². The van der Waals surface area contributed by atoms with Gasteiger partial charge in [0.25, 0.3) is 0 Å². The van der Waals surface area contributed by atoms with Gasteiger partial charge < -0.3 is 9.84 Å². The largest absolute Gasteiger partial charge is 0.491 e. The van der Waals surface area contributed by atoms with E-state index in [9.17, 15) is 5.11 Å². The van der Waals surface area contributed by atoms with Crippen LogP contribution in [0.25, 0.3) is 0 Å². The van der Waals surface area contributed by atoms with E-state index in [1.54, 1.807) is 0 Å². The molecule has 20 heavy (non-hydrogen) atoms. The quantitative estimate of drug-likeness (QED) is 0.881. The molecular formula is C18H22O2. The summed E-state index contributed by atoms with van der Waals surface area (Å²) in [5.41, 5.74) is 3.31. The molecule has 0 fully saturated rings. The molecule has 0 aliphatic heterocycles. The topological polar surface area (TPSA) is 29.5 Å². The number of benzene rings is 2. The Morgan fingerprint density at radius 2 is 1.70 bits per heavy atom. The molecule has 1 atom stereocenters. The fraction of sp³-hybridized carbons (Fsp3) is 0.333. The van der Waals surface area contributed by atoms with Crippen LogP contribution in [-0.4, -0.2) is 11.7 Å². The molecule has 106 valence electrons. The summed E-state index contributed by atoms with van der Waals surface area (Å²) in [4.78, 5) is 0. The minimum absolute atomic E-state index is 0.268. The van der Waals surface area contributed by atoms with Crippen molar-refractivity contribution in [2.45, 2.75) is 32.8 Å². The van der Waals surface area contributed by atoms with Gasteiger partial charge in [-0.15, -0.1) is 0 Å². The summed E-state index contributed by atoms with van der Waals surface area (Å²) in [6.45, 7) is 6.61. The van der Waals surface area contributed by atoms with Gasteiger partial charge >= 0.3 is 0 Å². The Labute approximate surface area is 121 Å². The van der Waals surface area contributed by atoms with Crippen molar-refractivity contribution < 1.29 is 9.84 Å². The molecule has 0 radical (unpaired) electrons. The second-order valence-electron chi connectivity index (χ2n) is 5.46. The van der Waals surface area contributed by atoms with Gasteiger partial charge in [0.2, 0.25) is 0 Å². The highest BCUT2D eigenvalue weighted by molar-refractivity contribution is 5.30. The lowest BCUT2D eigenvalue weighted by atomic mass is 10.0. The molecule has 2 aromatic carbocycles. The van der Waals surface area contributed by atoms with Crippen molar-refractivity contribution in [3.05, 3.63) is 65.2 Å². The molecule has 0 saturated heterocycles. The number of aliphatic hydroxyl groups excluding tert-OH is 1. The molecule has 2 heteroatoms. The van der Waals surface area contributed by atoms with Gasteiger partial charge in [-0.05, 0) is 36.1 Å². The van der Waals surface area contributed by atoms with E-state index in [0.29, 0.717) is 5.92 Å². The maximum absolute atomic E-state index is 10.1. The summed E-state index contributed by atoms with van der Waals surface area (Å²) in [5.74, 6) is 1.28. The second kappa shape index (κ2) is 6.58. The predicted octanol–water partition coefficient (Wildman–Crippen LogP) is 4.23. The van der Waals surface area contributed by atoms with E-state index < -0.39 is 6.10 Å². The molecule has 0 aromatic heterocycles. The minimum atomic E-state index is -0.599. The van der Waals surface area contributed by atoms with Crippen molar-refractivity contribution in [1.82, 2.24) is 0 Å². The van der Waals surface area contributed by atoms with Gasteiger partial charge in [-0.25, -0.2) is 0 Å². The number of aliphatic hydroxyl groups is 1. The lowest BCUT2D eigenvalue weighted by Crippen LogP contribution is -2.09. The van der Waals surface area contributed by atoms with Crippen LogP contribution in [0.5, 0.6) is 5.75 Å². The zero-order valence-corrected chi connectivity index (χ0v) is 12.3. The standard InChI is InChI=1S/C18H22O2/c1-13(2)16-5-4-6-17(11-16)20-12-18(19)15-9-7-14(3)8-10-15/h4-11,13,18-19H,12H2,1-3H3. The van der Waals surface area contributed by atoms with Gasteiger partial charge in [0.1, 0.15) is 18.5 Å². The van der Waals surface area contributed by atoms with E-state index in [4.69, 9.17) is 4.74 Å². The zero-order chi connectivity index (χ0) is 14.5. The normalized spacial score (nSPS) is 12.4. The molecule has 1 unspecified atom stereocenters. The Balaban J connectivity index is 1.97. The maximum Gasteiger partial charge on any atom is 0.119 e. The number of hydrogen-bond acceptors (Lipinski definition) is 2. The molecule has 0 bridgehead atoms. The van der Waals surface area contributed by atoms with Gasteiger partial charge in [0.05, 0.1) is 0 Å². The van der Waals surface area contributed by atoms with Gasteiger partial charge in [-0.2, -0.15) is 0 Å². The molecule has 0 amide bonds. The molecule has 0 spiro atoms. The van der Waals surface area contributed by atoms with Crippen molar-refractivity contribution in [2.24, 2.45) is 0 Å². The fourth-order valence-corrected chi connectivity index (χ4v) is 2.02. The van der Waals surface area contributed by atoms with E-state index in [2.05, 4.69) is 19.9 Å². The zero-order valence-electron chi connectivity index (χ0n) is 12.3. The molecule has 2 aromatic rings. The molecule has 2 rings (SSSR count). The lowest BCUT2D eigenvalue weighted by Gasteiger charge is -2.14. The first kappa shape index (κ1) is 14.6. The summed E-state index contributed by atoms with van der Waals surface area (Å²) in [5, 5.41) is 10.1. The van der Waals surface area contributed by atoms with E-state index in [0.717, 1.165) is 11.3 Å². The van der Waals surface area contributed by atoms with Gasteiger partial charge in [0.15, 0.2) is 0 Å². The first-order valence-electron chi connectivity index (χ1n) is 7.03. The van der Waals surface area contributed by atoms with Crippen LogP contribution >= 0.6 is 0 Å². The Bertz CT molecular complexity index is 544. The monoisotopic (exact) mass is 270 g/mol. The van der Waals surface area contributed by atoms with E-state index in [1.807, 2.05) is 49.4 Å². The average Bonchev–Trinajstić information content (AvgIpc) is 2.46. The number of aryl methyl sites for hydroxylation is 1. The molecule has 0 aliphatic rings. The molecular weight excluding hydrogens is 248 g/mol. The van der Waals surface area contributed by atoms with Gasteiger partial charge in [-0.3, -0.25) is 0 Å². The molecule has 0 aliphatic carbocycles. The minimum Gasteiger partial charge on any atom is -0.491 e. The number of hydrogen-bond donors (Lipinski definition) is 1. The molecule has 2 nitrogen and oxygen atoms in total. The van der Waals surface area contributed by atoms with Crippen molar-refractivity contribution >= 4 is 0 Å². The van der Waals surface area contributed by atoms with E-state index in [-0.39, 0.29) is 6.61 Å². The van der Waals surface area contributed by atoms with E-state index in [1.165, 1.54) is 11.1 Å². The van der Waals surface area contributed by atoms with Crippen LogP contribution in [0.2, 0.25) is 0 Å². The van der Waals surface area contributed by atoms with Crippen LogP contribution in [0.1, 0.15) is 42.6 Å². The summed E-state index contributed by atoms with van der Waals surface area (Å²) in [6, 6.07) is 15.9. The van der Waals surface area contributed by atoms with Crippen LogP contribution in [0.4, 0.5) is 0 Å². The third-order valence-electron chi connectivity index (χ3n) is 3.39. The van der Waals surface area contributed by atoms with Gasteiger partial charge in [0, 0.05) is 0 Å². The van der Waals surface area contributed by atoms with Crippen LogP contribution < -0.4 is 4.74 Å². The third-order valence-corrected chi connectivity index (χ3v) is 3.39. The van der Waals surface area contributed by atoms with Crippen molar-refractivity contribution in [1.29, 1.82) is 0 Å². The van der Waals surface area contributed by atoms with Crippen molar-refractivity contribution in [2.75, 3.05) is 6.61 Å². The predicted molar refractivity (Wildman–Crippen MR) is 82.2 cm³/mol. The summed E-state index contributed by atoms with van der Waals surface area (Å²) in [6.07, 6.45) is -0.599. The Morgan fingerprint density at radius 3 is 2.35 bits per heavy atom. The highest BCUT2D eigenvalue weighted by atomic mass is 16.5. The Kier molecular flexibility index (Phi) is 4.80. The first-order chi connectivity index (χ1) is 9.56. The molecule has 0 saturated carbocycles. The fourth-order valence-electron chi connectivity index (χ4n) is 2.02. The van der Waals surface area contributed by atoms with Crippen molar-refractivity contribution in [3.63, 3.8) is 0 Å². The number of rotatable bonds is 5. The Hall–Kier alpha value is -1.80. The van der Waals surface area contributed by atoms with Crippen LogP contribution in [0.15, 0.2) is 48.5 Å². The van der Waals surface area contributed by atoms with Crippen LogP contribution in [-0.2, 0) is 0 Å². The summed E-state index contributed by atoms with van der Waals surface area (Å²) in [7, 11) is 0. The summed E-state index contributed by atoms with van der Waals surface area (Å²) >= 11 is 0. The summed E-state index contributed by atoms with van der Waals surface area (Å²) < 4.78 is 5.69. The van der Waals surface area contributed by atoms with Crippen LogP contribution in [0, 0.1) is 6.92 Å². The highest BCUT2D eigenvalue weighted by Gasteiger charge is 2.08. The van der Waals surface area contributed by atoms with Crippen LogP contribution in [0.3, 0.4) is 0 Å². The molecule has 0 heterocycles.